The molecule has 0 spiro atoms. The van der Waals surface area contributed by atoms with E-state index < -0.39 is 20.4 Å². The van der Waals surface area contributed by atoms with E-state index in [1.54, 1.807) is 0 Å². The number of hydrogen-bond donors (Lipinski definition) is 2. The molecule has 0 saturated heterocycles. The molecule has 0 saturated carbocycles. The van der Waals surface area contributed by atoms with Crippen molar-refractivity contribution in [2.45, 2.75) is 17.4 Å². The first kappa shape index (κ1) is 17.4. The van der Waals surface area contributed by atoms with Crippen LogP contribution in [0.4, 0.5) is 11.4 Å². The van der Waals surface area contributed by atoms with Crippen LogP contribution in [0.25, 0.3) is 0 Å². The van der Waals surface area contributed by atoms with Crippen LogP contribution >= 0.6 is 0 Å². The van der Waals surface area contributed by atoms with Gasteiger partial charge in [0.25, 0.3) is 0 Å². The molecule has 3 rings (SSSR count). The van der Waals surface area contributed by atoms with E-state index in [-0.39, 0.29) is 16.6 Å². The van der Waals surface area contributed by atoms with Crippen molar-refractivity contribution in [2.24, 2.45) is 0 Å². The zero-order chi connectivity index (χ0) is 18.0. The first-order valence-corrected chi connectivity index (χ1v) is 9.79. The third kappa shape index (κ3) is 3.64. The predicted octanol–water partition coefficient (Wildman–Crippen LogP) is 2.30. The summed E-state index contributed by atoms with van der Waals surface area (Å²) in [6.07, 6.45) is 1.91. The second-order valence-corrected chi connectivity index (χ2v) is 8.00. The average molecular weight is 361 g/mol. The van der Waals surface area contributed by atoms with E-state index in [0.717, 1.165) is 24.8 Å². The largest absolute Gasteiger partial charge is 0.378 e. The molecule has 1 aliphatic heterocycles. The minimum absolute atomic E-state index is 0.00597. The lowest BCUT2D eigenvalue weighted by Gasteiger charge is -2.27. The molecule has 132 valence electrons. The molecule has 1 aliphatic rings. The summed E-state index contributed by atoms with van der Waals surface area (Å²) < 4.78 is 23.7. The van der Waals surface area contributed by atoms with Gasteiger partial charge in [-0.2, -0.15) is 0 Å². The predicted molar refractivity (Wildman–Crippen MR) is 95.6 cm³/mol. The van der Waals surface area contributed by atoms with Gasteiger partial charge in [-0.25, -0.2) is 8.42 Å². The quantitative estimate of drug-likeness (QED) is 0.626. The number of fused-ring (bicyclic) bond motifs is 1. The second-order valence-electron chi connectivity index (χ2n) is 6.02. The third-order valence-corrected chi connectivity index (χ3v) is 5.42. The fourth-order valence-electron chi connectivity index (χ4n) is 3.14. The van der Waals surface area contributed by atoms with Crippen molar-refractivity contribution in [3.63, 3.8) is 0 Å². The SMILES string of the molecule is CS(=O)(=O)c1cccc(NCC2NCCc3ccccc32)c1[N+](=O)[O-]. The molecule has 2 aromatic rings. The van der Waals surface area contributed by atoms with Gasteiger partial charge in [-0.15, -0.1) is 0 Å². The molecule has 0 radical (unpaired) electrons. The van der Waals surface area contributed by atoms with Crippen molar-refractivity contribution >= 4 is 21.2 Å². The maximum atomic E-state index is 11.8. The average Bonchev–Trinajstić information content (AvgIpc) is 2.58. The Labute approximate surface area is 146 Å². The molecule has 8 heteroatoms. The van der Waals surface area contributed by atoms with Crippen LogP contribution in [-0.4, -0.2) is 32.7 Å². The molecule has 1 atom stereocenters. The van der Waals surface area contributed by atoms with Crippen LogP contribution in [0.1, 0.15) is 17.2 Å². The summed E-state index contributed by atoms with van der Waals surface area (Å²) in [7, 11) is -3.69. The maximum absolute atomic E-state index is 11.8. The number of benzene rings is 2. The Bertz CT molecular complexity index is 912. The number of para-hydroxylation sites is 1. The van der Waals surface area contributed by atoms with E-state index in [2.05, 4.69) is 16.7 Å². The number of anilines is 1. The van der Waals surface area contributed by atoms with Gasteiger partial charge in [0.05, 0.1) is 4.92 Å². The Balaban J connectivity index is 1.89. The van der Waals surface area contributed by atoms with Crippen LogP contribution in [-0.2, 0) is 16.3 Å². The van der Waals surface area contributed by atoms with Crippen LogP contribution in [0.15, 0.2) is 47.4 Å². The second kappa shape index (κ2) is 6.81. The number of rotatable bonds is 5. The smallest absolute Gasteiger partial charge is 0.310 e. The number of nitrogens with zero attached hydrogens (tertiary/aromatic N) is 1. The fourth-order valence-corrected chi connectivity index (χ4v) is 4.00. The lowest BCUT2D eigenvalue weighted by Crippen LogP contribution is -2.34. The van der Waals surface area contributed by atoms with Crippen LogP contribution in [0.2, 0.25) is 0 Å². The van der Waals surface area contributed by atoms with Crippen molar-refractivity contribution < 1.29 is 13.3 Å². The van der Waals surface area contributed by atoms with Gasteiger partial charge in [0, 0.05) is 18.8 Å². The van der Waals surface area contributed by atoms with E-state index in [1.807, 2.05) is 18.2 Å². The lowest BCUT2D eigenvalue weighted by atomic mass is 9.94. The summed E-state index contributed by atoms with van der Waals surface area (Å²) >= 11 is 0. The van der Waals surface area contributed by atoms with Crippen LogP contribution < -0.4 is 10.6 Å². The number of hydrogen-bond acceptors (Lipinski definition) is 6. The molecular weight excluding hydrogens is 342 g/mol. The Morgan fingerprint density at radius 2 is 2.00 bits per heavy atom. The van der Waals surface area contributed by atoms with Gasteiger partial charge < -0.3 is 10.6 Å². The highest BCUT2D eigenvalue weighted by Gasteiger charge is 2.27. The van der Waals surface area contributed by atoms with Crippen molar-refractivity contribution in [3.05, 3.63) is 63.7 Å². The van der Waals surface area contributed by atoms with Crippen LogP contribution in [0.5, 0.6) is 0 Å². The molecule has 1 heterocycles. The Hall–Kier alpha value is -2.45. The van der Waals surface area contributed by atoms with Gasteiger partial charge in [-0.1, -0.05) is 30.3 Å². The third-order valence-electron chi connectivity index (χ3n) is 4.29. The molecule has 0 aromatic heterocycles. The van der Waals surface area contributed by atoms with Gasteiger partial charge in [-0.3, -0.25) is 10.1 Å². The van der Waals surface area contributed by atoms with Gasteiger partial charge in [0.1, 0.15) is 10.6 Å². The highest BCUT2D eigenvalue weighted by atomic mass is 32.2. The molecule has 0 bridgehead atoms. The summed E-state index contributed by atoms with van der Waals surface area (Å²) in [5.41, 5.74) is 2.21. The summed E-state index contributed by atoms with van der Waals surface area (Å²) in [5.74, 6) is 0. The molecule has 0 amide bonds. The molecule has 0 fully saturated rings. The Morgan fingerprint density at radius 1 is 1.24 bits per heavy atom. The number of sulfone groups is 1. The molecule has 1 unspecified atom stereocenters. The molecule has 25 heavy (non-hydrogen) atoms. The highest BCUT2D eigenvalue weighted by Crippen LogP contribution is 2.32. The van der Waals surface area contributed by atoms with E-state index in [4.69, 9.17) is 0 Å². The van der Waals surface area contributed by atoms with Crippen LogP contribution in [0.3, 0.4) is 0 Å². The topological polar surface area (TPSA) is 101 Å². The molecule has 7 nitrogen and oxygen atoms in total. The monoisotopic (exact) mass is 361 g/mol. The van der Waals surface area contributed by atoms with Gasteiger partial charge >= 0.3 is 5.69 Å². The minimum atomic E-state index is -3.69. The molecule has 0 aliphatic carbocycles. The van der Waals surface area contributed by atoms with Crippen molar-refractivity contribution in [3.8, 4) is 0 Å². The Morgan fingerprint density at radius 3 is 2.72 bits per heavy atom. The molecular formula is C17H19N3O4S. The lowest BCUT2D eigenvalue weighted by molar-refractivity contribution is -0.386. The first-order valence-electron chi connectivity index (χ1n) is 7.90. The standard InChI is InChI=1S/C17H19N3O4S/c1-25(23,24)16-8-4-7-14(17(16)20(21)22)19-11-15-13-6-3-2-5-12(13)9-10-18-15/h2-8,15,18-19H,9-11H2,1H3. The molecule has 2 N–H and O–H groups in total. The number of nitro groups is 1. The number of nitro benzene ring substituents is 1. The van der Waals surface area contributed by atoms with E-state index in [9.17, 15) is 18.5 Å². The highest BCUT2D eigenvalue weighted by molar-refractivity contribution is 7.90. The van der Waals surface area contributed by atoms with Crippen molar-refractivity contribution in [1.82, 2.24) is 5.32 Å². The summed E-state index contributed by atoms with van der Waals surface area (Å²) in [6, 6.07) is 12.4. The maximum Gasteiger partial charge on any atom is 0.310 e. The first-order chi connectivity index (χ1) is 11.9. The summed E-state index contributed by atoms with van der Waals surface area (Å²) in [4.78, 5) is 10.5. The summed E-state index contributed by atoms with van der Waals surface area (Å²) in [6.45, 7) is 1.25. The summed E-state index contributed by atoms with van der Waals surface area (Å²) in [5, 5.41) is 17.9. The van der Waals surface area contributed by atoms with E-state index in [0.29, 0.717) is 6.54 Å². The van der Waals surface area contributed by atoms with Crippen molar-refractivity contribution in [2.75, 3.05) is 24.7 Å². The van der Waals surface area contributed by atoms with E-state index >= 15 is 0 Å². The van der Waals surface area contributed by atoms with Gasteiger partial charge in [0.15, 0.2) is 9.84 Å². The minimum Gasteiger partial charge on any atom is -0.378 e. The fraction of sp³-hybridized carbons (Fsp3) is 0.294. The number of nitrogens with one attached hydrogen (secondary N) is 2. The zero-order valence-electron chi connectivity index (χ0n) is 13.7. The zero-order valence-corrected chi connectivity index (χ0v) is 14.5. The Kier molecular flexibility index (Phi) is 4.73. The molecule has 2 aromatic carbocycles. The van der Waals surface area contributed by atoms with Gasteiger partial charge in [0.2, 0.25) is 0 Å². The van der Waals surface area contributed by atoms with E-state index in [1.165, 1.54) is 23.8 Å². The van der Waals surface area contributed by atoms with Gasteiger partial charge in [-0.05, 0) is 36.2 Å². The normalized spacial score (nSPS) is 16.9. The van der Waals surface area contributed by atoms with Crippen LogP contribution in [0, 0.1) is 10.1 Å². The van der Waals surface area contributed by atoms with Crippen molar-refractivity contribution in [1.29, 1.82) is 0 Å².